The maximum Gasteiger partial charge on any atom is 0.127 e. The van der Waals surface area contributed by atoms with Crippen LogP contribution in [-0.4, -0.2) is 15.8 Å². The Labute approximate surface area is 124 Å². The fourth-order valence-corrected chi connectivity index (χ4v) is 2.85. The van der Waals surface area contributed by atoms with E-state index >= 15 is 0 Å². The topological polar surface area (TPSA) is 49.7 Å². The molecular formula is C18H20O3. The van der Waals surface area contributed by atoms with Crippen LogP contribution in [-0.2, 0) is 17.6 Å². The molecule has 0 fully saturated rings. The summed E-state index contributed by atoms with van der Waals surface area (Å²) in [5.41, 5.74) is 1.30. The molecule has 0 aromatic heterocycles. The largest absolute Gasteiger partial charge is 0.507 e. The van der Waals surface area contributed by atoms with Crippen LogP contribution in [0.3, 0.4) is 0 Å². The number of hydrogen-bond donors (Lipinski definition) is 2. The zero-order chi connectivity index (χ0) is 15.2. The van der Waals surface area contributed by atoms with E-state index in [4.69, 9.17) is 4.74 Å². The fraction of sp³-hybridized carbons (Fsp3) is 0.333. The van der Waals surface area contributed by atoms with Gasteiger partial charge in [0.2, 0.25) is 0 Å². The lowest BCUT2D eigenvalue weighted by molar-refractivity contribution is 0.0477. The molecule has 0 saturated carbocycles. The summed E-state index contributed by atoms with van der Waals surface area (Å²) in [5, 5.41) is 22.4. The van der Waals surface area contributed by atoms with Crippen molar-refractivity contribution < 1.29 is 14.9 Å². The van der Waals surface area contributed by atoms with E-state index in [0.717, 1.165) is 16.9 Å². The van der Waals surface area contributed by atoms with Crippen LogP contribution in [0.15, 0.2) is 36.1 Å². The maximum absolute atomic E-state index is 10.5. The highest BCUT2D eigenvalue weighted by Gasteiger charge is 2.24. The first-order valence-corrected chi connectivity index (χ1v) is 7.19. The SMILES string of the molecule is CC(C)(C)OC1=CCc2c(c(O)c3ccccc3c2O)C1. The molecule has 0 radical (unpaired) electrons. The van der Waals surface area contributed by atoms with Crippen LogP contribution in [0, 0.1) is 0 Å². The number of fused-ring (bicyclic) bond motifs is 2. The van der Waals surface area contributed by atoms with Gasteiger partial charge in [-0.25, -0.2) is 0 Å². The van der Waals surface area contributed by atoms with Crippen molar-refractivity contribution in [1.29, 1.82) is 0 Å². The zero-order valence-corrected chi connectivity index (χ0v) is 12.6. The lowest BCUT2D eigenvalue weighted by Crippen LogP contribution is -2.21. The molecule has 0 heterocycles. The van der Waals surface area contributed by atoms with E-state index in [1.807, 2.05) is 51.1 Å². The number of allylic oxidation sites excluding steroid dienone is 2. The van der Waals surface area contributed by atoms with Crippen molar-refractivity contribution in [1.82, 2.24) is 0 Å². The van der Waals surface area contributed by atoms with Crippen molar-refractivity contribution in [3.8, 4) is 11.5 Å². The molecule has 3 heteroatoms. The Morgan fingerprint density at radius 1 is 0.952 bits per heavy atom. The molecule has 3 rings (SSSR count). The van der Waals surface area contributed by atoms with E-state index in [1.54, 1.807) is 0 Å². The van der Waals surface area contributed by atoms with E-state index < -0.39 is 0 Å². The fourth-order valence-electron chi connectivity index (χ4n) is 2.85. The van der Waals surface area contributed by atoms with Gasteiger partial charge in [0.1, 0.15) is 17.1 Å². The number of ether oxygens (including phenoxy) is 1. The summed E-state index contributed by atoms with van der Waals surface area (Å²) in [7, 11) is 0. The van der Waals surface area contributed by atoms with E-state index in [9.17, 15) is 10.2 Å². The van der Waals surface area contributed by atoms with Crippen LogP contribution < -0.4 is 0 Å². The average molecular weight is 284 g/mol. The molecule has 0 saturated heterocycles. The highest BCUT2D eigenvalue weighted by Crippen LogP contribution is 2.43. The summed E-state index contributed by atoms with van der Waals surface area (Å²) >= 11 is 0. The number of aromatic hydroxyl groups is 2. The molecule has 2 aromatic carbocycles. The molecule has 0 bridgehead atoms. The predicted octanol–water partition coefficient (Wildman–Crippen LogP) is 4.05. The molecule has 1 aliphatic rings. The maximum atomic E-state index is 10.5. The summed E-state index contributed by atoms with van der Waals surface area (Å²) < 4.78 is 5.91. The second-order valence-corrected chi connectivity index (χ2v) is 6.47. The minimum absolute atomic E-state index is 0.251. The molecule has 0 atom stereocenters. The Bertz CT molecular complexity index is 736. The van der Waals surface area contributed by atoms with E-state index in [0.29, 0.717) is 23.6 Å². The first-order chi connectivity index (χ1) is 9.87. The Hall–Kier alpha value is -2.16. The van der Waals surface area contributed by atoms with Gasteiger partial charge < -0.3 is 14.9 Å². The molecule has 110 valence electrons. The quantitative estimate of drug-likeness (QED) is 0.777. The van der Waals surface area contributed by atoms with Crippen molar-refractivity contribution in [2.45, 2.75) is 39.2 Å². The van der Waals surface area contributed by atoms with Crippen LogP contribution in [0.4, 0.5) is 0 Å². The van der Waals surface area contributed by atoms with Crippen LogP contribution in [0.5, 0.6) is 11.5 Å². The molecule has 2 aromatic rings. The predicted molar refractivity (Wildman–Crippen MR) is 83.6 cm³/mol. The number of hydrogen-bond acceptors (Lipinski definition) is 3. The summed E-state index contributed by atoms with van der Waals surface area (Å²) in [6.45, 7) is 6.00. The number of phenols is 2. The molecule has 2 N–H and O–H groups in total. The van der Waals surface area contributed by atoms with Gasteiger partial charge in [0.25, 0.3) is 0 Å². The number of phenolic OH excluding ortho intramolecular Hbond substituents is 2. The highest BCUT2D eigenvalue weighted by atomic mass is 16.5. The Kier molecular flexibility index (Phi) is 3.08. The van der Waals surface area contributed by atoms with Gasteiger partial charge in [0, 0.05) is 28.3 Å². The molecule has 0 spiro atoms. The van der Waals surface area contributed by atoms with Gasteiger partial charge in [0.05, 0.1) is 5.76 Å². The van der Waals surface area contributed by atoms with Crippen molar-refractivity contribution in [3.63, 3.8) is 0 Å². The summed E-state index contributed by atoms with van der Waals surface area (Å²) in [4.78, 5) is 0. The van der Waals surface area contributed by atoms with Gasteiger partial charge in [0.15, 0.2) is 0 Å². The van der Waals surface area contributed by atoms with Crippen molar-refractivity contribution in [2.24, 2.45) is 0 Å². The van der Waals surface area contributed by atoms with Crippen LogP contribution in [0.25, 0.3) is 10.8 Å². The smallest absolute Gasteiger partial charge is 0.127 e. The average Bonchev–Trinajstić information content (AvgIpc) is 2.43. The van der Waals surface area contributed by atoms with Crippen LogP contribution in [0.2, 0.25) is 0 Å². The van der Waals surface area contributed by atoms with Gasteiger partial charge in [-0.2, -0.15) is 0 Å². The summed E-state index contributed by atoms with van der Waals surface area (Å²) in [6.07, 6.45) is 3.07. The number of benzene rings is 2. The Balaban J connectivity index is 2.10. The van der Waals surface area contributed by atoms with Gasteiger partial charge in [-0.3, -0.25) is 0 Å². The van der Waals surface area contributed by atoms with E-state index in [-0.39, 0.29) is 17.1 Å². The van der Waals surface area contributed by atoms with Gasteiger partial charge in [-0.05, 0) is 33.3 Å². The zero-order valence-electron chi connectivity index (χ0n) is 12.6. The van der Waals surface area contributed by atoms with Crippen LogP contribution >= 0.6 is 0 Å². The first-order valence-electron chi connectivity index (χ1n) is 7.19. The van der Waals surface area contributed by atoms with E-state index in [1.165, 1.54) is 0 Å². The van der Waals surface area contributed by atoms with Gasteiger partial charge in [-0.15, -0.1) is 0 Å². The third-order valence-electron chi connectivity index (χ3n) is 3.70. The summed E-state index contributed by atoms with van der Waals surface area (Å²) in [5.74, 6) is 1.37. The molecule has 3 nitrogen and oxygen atoms in total. The molecular weight excluding hydrogens is 264 g/mol. The lowest BCUT2D eigenvalue weighted by Gasteiger charge is -2.27. The van der Waals surface area contributed by atoms with Crippen molar-refractivity contribution in [3.05, 3.63) is 47.2 Å². The normalized spacial score (nSPS) is 14.7. The van der Waals surface area contributed by atoms with Gasteiger partial charge in [-0.1, -0.05) is 24.3 Å². The van der Waals surface area contributed by atoms with E-state index in [2.05, 4.69) is 0 Å². The molecule has 1 aliphatic carbocycles. The molecule has 0 aliphatic heterocycles. The minimum Gasteiger partial charge on any atom is -0.507 e. The third kappa shape index (κ3) is 2.44. The molecule has 0 unspecified atom stereocenters. The highest BCUT2D eigenvalue weighted by molar-refractivity contribution is 5.95. The third-order valence-corrected chi connectivity index (χ3v) is 3.70. The van der Waals surface area contributed by atoms with Crippen LogP contribution in [0.1, 0.15) is 31.9 Å². The Morgan fingerprint density at radius 3 is 2.10 bits per heavy atom. The number of rotatable bonds is 1. The summed E-state index contributed by atoms with van der Waals surface area (Å²) in [6, 6.07) is 7.38. The van der Waals surface area contributed by atoms with Crippen molar-refractivity contribution >= 4 is 10.8 Å². The van der Waals surface area contributed by atoms with Crippen molar-refractivity contribution in [2.75, 3.05) is 0 Å². The van der Waals surface area contributed by atoms with Gasteiger partial charge >= 0.3 is 0 Å². The second-order valence-electron chi connectivity index (χ2n) is 6.47. The monoisotopic (exact) mass is 284 g/mol. The molecule has 0 amide bonds. The minimum atomic E-state index is -0.266. The lowest BCUT2D eigenvalue weighted by atomic mass is 9.90. The standard InChI is InChI=1S/C18H20O3/c1-18(2,3)21-11-8-9-14-15(10-11)17(20)13-7-5-4-6-12(13)16(14)19/h4-8,19-20H,9-10H2,1-3H3. The Morgan fingerprint density at radius 2 is 1.52 bits per heavy atom. The second kappa shape index (κ2) is 4.69. The first kappa shape index (κ1) is 13.8. The molecule has 21 heavy (non-hydrogen) atoms.